The Balaban J connectivity index is 1.88. The minimum absolute atomic E-state index is 0.136. The molecule has 0 saturated heterocycles. The summed E-state index contributed by atoms with van der Waals surface area (Å²) in [5.41, 5.74) is 1.29. The third-order valence-corrected chi connectivity index (χ3v) is 7.15. The van der Waals surface area contributed by atoms with Crippen molar-refractivity contribution in [3.05, 3.63) is 66.2 Å². The Labute approximate surface area is 196 Å². The zero-order valence-electron chi connectivity index (χ0n) is 19.3. The van der Waals surface area contributed by atoms with Crippen molar-refractivity contribution in [3.63, 3.8) is 0 Å². The Morgan fingerprint density at radius 1 is 1.00 bits per heavy atom. The summed E-state index contributed by atoms with van der Waals surface area (Å²) in [6, 6.07) is 17.4. The molecule has 1 saturated carbocycles. The van der Waals surface area contributed by atoms with Crippen molar-refractivity contribution in [2.45, 2.75) is 57.7 Å². The molecule has 7 nitrogen and oxygen atoms in total. The molecule has 0 aliphatic heterocycles. The molecule has 3 rings (SSSR count). The standard InChI is InChI=1S/C25H33N3O4S/c1-3-23(25(30)26-21-14-10-11-15-21)27(18-20-12-6-4-7-13-20)24(29)19-28(33(2,31)32)22-16-8-5-9-17-22/h4-9,12-13,16-17,21,23H,3,10-11,14-15,18-19H2,1-2H3,(H,26,30)/t23-/m1/s1. The lowest BCUT2D eigenvalue weighted by molar-refractivity contribution is -0.140. The minimum Gasteiger partial charge on any atom is -0.352 e. The van der Waals surface area contributed by atoms with Gasteiger partial charge in [-0.1, -0.05) is 68.3 Å². The molecular weight excluding hydrogens is 438 g/mol. The second kappa shape index (κ2) is 11.3. The van der Waals surface area contributed by atoms with Crippen LogP contribution in [0.4, 0.5) is 5.69 Å². The number of carbonyl (C=O) groups is 2. The molecule has 1 aliphatic carbocycles. The van der Waals surface area contributed by atoms with Crippen LogP contribution in [-0.2, 0) is 26.2 Å². The summed E-state index contributed by atoms with van der Waals surface area (Å²) >= 11 is 0. The van der Waals surface area contributed by atoms with Gasteiger partial charge in [0, 0.05) is 12.6 Å². The fourth-order valence-corrected chi connectivity index (χ4v) is 5.12. The third kappa shape index (κ3) is 6.81. The Bertz CT molecular complexity index is 1020. The summed E-state index contributed by atoms with van der Waals surface area (Å²) in [6.07, 6.45) is 5.60. The average molecular weight is 472 g/mol. The van der Waals surface area contributed by atoms with E-state index >= 15 is 0 Å². The SMILES string of the molecule is CC[C@H](C(=O)NC1CCCC1)N(Cc1ccccc1)C(=O)CN(c1ccccc1)S(C)(=O)=O. The Kier molecular flexibility index (Phi) is 8.49. The van der Waals surface area contributed by atoms with E-state index in [1.54, 1.807) is 30.3 Å². The van der Waals surface area contributed by atoms with Gasteiger partial charge in [-0.15, -0.1) is 0 Å². The second-order valence-electron chi connectivity index (χ2n) is 8.53. The average Bonchev–Trinajstić information content (AvgIpc) is 3.30. The van der Waals surface area contributed by atoms with Crippen molar-refractivity contribution >= 4 is 27.5 Å². The highest BCUT2D eigenvalue weighted by atomic mass is 32.2. The van der Waals surface area contributed by atoms with Gasteiger partial charge in [-0.2, -0.15) is 0 Å². The van der Waals surface area contributed by atoms with Gasteiger partial charge in [0.25, 0.3) is 0 Å². The maximum atomic E-state index is 13.6. The third-order valence-electron chi connectivity index (χ3n) is 6.01. The topological polar surface area (TPSA) is 86.8 Å². The van der Waals surface area contributed by atoms with Crippen LogP contribution in [0.15, 0.2) is 60.7 Å². The van der Waals surface area contributed by atoms with Crippen molar-refractivity contribution in [3.8, 4) is 0 Å². The van der Waals surface area contributed by atoms with Crippen molar-refractivity contribution in [1.29, 1.82) is 0 Å². The fraction of sp³-hybridized carbons (Fsp3) is 0.440. The summed E-state index contributed by atoms with van der Waals surface area (Å²) in [6.45, 7) is 1.72. The molecule has 0 aromatic heterocycles. The predicted molar refractivity (Wildman–Crippen MR) is 130 cm³/mol. The lowest BCUT2D eigenvalue weighted by Crippen LogP contribution is -2.53. The maximum Gasteiger partial charge on any atom is 0.244 e. The fourth-order valence-electron chi connectivity index (χ4n) is 4.28. The van der Waals surface area contributed by atoms with Crippen molar-refractivity contribution in [2.75, 3.05) is 17.1 Å². The van der Waals surface area contributed by atoms with Gasteiger partial charge in [0.1, 0.15) is 12.6 Å². The molecule has 1 fully saturated rings. The predicted octanol–water partition coefficient (Wildman–Crippen LogP) is 3.32. The molecule has 2 amide bonds. The zero-order valence-corrected chi connectivity index (χ0v) is 20.1. The zero-order chi connectivity index (χ0) is 23.8. The van der Waals surface area contributed by atoms with Gasteiger partial charge < -0.3 is 10.2 Å². The lowest BCUT2D eigenvalue weighted by Gasteiger charge is -2.33. The van der Waals surface area contributed by atoms with Crippen molar-refractivity contribution in [2.24, 2.45) is 0 Å². The summed E-state index contributed by atoms with van der Waals surface area (Å²) < 4.78 is 26.1. The molecule has 178 valence electrons. The first-order valence-corrected chi connectivity index (χ1v) is 13.3. The number of nitrogens with one attached hydrogen (secondary N) is 1. The first kappa shape index (κ1) is 24.8. The first-order valence-electron chi connectivity index (χ1n) is 11.5. The molecular formula is C25H33N3O4S. The number of sulfonamides is 1. The molecule has 0 radical (unpaired) electrons. The van der Waals surface area contributed by atoms with Gasteiger partial charge in [0.15, 0.2) is 0 Å². The van der Waals surface area contributed by atoms with Crippen LogP contribution in [0.5, 0.6) is 0 Å². The molecule has 1 atom stereocenters. The molecule has 8 heteroatoms. The van der Waals surface area contributed by atoms with E-state index in [4.69, 9.17) is 0 Å². The molecule has 0 unspecified atom stereocenters. The second-order valence-corrected chi connectivity index (χ2v) is 10.4. The van der Waals surface area contributed by atoms with Crippen LogP contribution in [0, 0.1) is 0 Å². The lowest BCUT2D eigenvalue weighted by atomic mass is 10.1. The van der Waals surface area contributed by atoms with E-state index in [1.807, 2.05) is 37.3 Å². The summed E-state index contributed by atoms with van der Waals surface area (Å²) in [7, 11) is -3.71. The molecule has 0 bridgehead atoms. The van der Waals surface area contributed by atoms with E-state index in [1.165, 1.54) is 4.90 Å². The van der Waals surface area contributed by atoms with E-state index in [0.717, 1.165) is 41.8 Å². The molecule has 1 aliphatic rings. The monoisotopic (exact) mass is 471 g/mol. The van der Waals surface area contributed by atoms with Crippen molar-refractivity contribution in [1.82, 2.24) is 10.2 Å². The van der Waals surface area contributed by atoms with Crippen LogP contribution >= 0.6 is 0 Å². The number of hydrogen-bond donors (Lipinski definition) is 1. The Hall–Kier alpha value is -2.87. The molecule has 0 spiro atoms. The van der Waals surface area contributed by atoms with Crippen LogP contribution in [0.25, 0.3) is 0 Å². The van der Waals surface area contributed by atoms with Crippen molar-refractivity contribution < 1.29 is 18.0 Å². The Morgan fingerprint density at radius 3 is 2.12 bits per heavy atom. The first-order chi connectivity index (χ1) is 15.8. The maximum absolute atomic E-state index is 13.6. The highest BCUT2D eigenvalue weighted by Crippen LogP contribution is 2.21. The van der Waals surface area contributed by atoms with E-state index < -0.39 is 22.0 Å². The van der Waals surface area contributed by atoms with E-state index in [9.17, 15) is 18.0 Å². The summed E-state index contributed by atoms with van der Waals surface area (Å²) in [4.78, 5) is 28.3. The summed E-state index contributed by atoms with van der Waals surface area (Å²) in [5, 5.41) is 3.10. The highest BCUT2D eigenvalue weighted by Gasteiger charge is 2.32. The van der Waals surface area contributed by atoms with Gasteiger partial charge in [-0.3, -0.25) is 13.9 Å². The highest BCUT2D eigenvalue weighted by molar-refractivity contribution is 7.92. The quantitative estimate of drug-likeness (QED) is 0.576. The molecule has 2 aromatic rings. The van der Waals surface area contributed by atoms with Crippen LogP contribution < -0.4 is 9.62 Å². The van der Waals surface area contributed by atoms with E-state index in [0.29, 0.717) is 12.1 Å². The van der Waals surface area contributed by atoms with Gasteiger partial charge in [0.05, 0.1) is 11.9 Å². The van der Waals surface area contributed by atoms with Gasteiger partial charge in [-0.05, 0) is 37.0 Å². The van der Waals surface area contributed by atoms with E-state index in [2.05, 4.69) is 5.32 Å². The number of carbonyl (C=O) groups excluding carboxylic acids is 2. The van der Waals surface area contributed by atoms with E-state index in [-0.39, 0.29) is 25.0 Å². The van der Waals surface area contributed by atoms with Gasteiger partial charge >= 0.3 is 0 Å². The number of para-hydroxylation sites is 1. The van der Waals surface area contributed by atoms with Gasteiger partial charge in [0.2, 0.25) is 21.8 Å². The number of amides is 2. The summed E-state index contributed by atoms with van der Waals surface area (Å²) in [5.74, 6) is -0.596. The number of anilines is 1. The molecule has 1 N–H and O–H groups in total. The van der Waals surface area contributed by atoms with Crippen LogP contribution in [0.2, 0.25) is 0 Å². The molecule has 33 heavy (non-hydrogen) atoms. The minimum atomic E-state index is -3.71. The Morgan fingerprint density at radius 2 is 1.58 bits per heavy atom. The van der Waals surface area contributed by atoms with Crippen LogP contribution in [0.3, 0.4) is 0 Å². The van der Waals surface area contributed by atoms with Crippen LogP contribution in [0.1, 0.15) is 44.6 Å². The number of nitrogens with zero attached hydrogens (tertiary/aromatic N) is 2. The van der Waals surface area contributed by atoms with Crippen LogP contribution in [-0.4, -0.2) is 50.0 Å². The van der Waals surface area contributed by atoms with Gasteiger partial charge in [-0.25, -0.2) is 8.42 Å². The normalized spacial score (nSPS) is 15.1. The molecule has 0 heterocycles. The smallest absolute Gasteiger partial charge is 0.244 e. The number of benzene rings is 2. The molecule has 2 aromatic carbocycles. The largest absolute Gasteiger partial charge is 0.352 e. The number of rotatable bonds is 10. The number of hydrogen-bond acceptors (Lipinski definition) is 4.